The number of aliphatic hydroxyl groups excluding tert-OH is 1. The van der Waals surface area contributed by atoms with Crippen LogP contribution < -0.4 is 0 Å². The lowest BCUT2D eigenvalue weighted by Gasteiger charge is -2.21. The third-order valence-corrected chi connectivity index (χ3v) is 0.771. The van der Waals surface area contributed by atoms with Gasteiger partial charge in [0.05, 0.1) is 27.7 Å². The maximum Gasteiger partial charge on any atom is 0.101 e. The van der Waals surface area contributed by atoms with Crippen molar-refractivity contribution >= 4 is 71.9 Å². The topological polar surface area (TPSA) is 20.2 Å². The highest BCUT2D eigenvalue weighted by molar-refractivity contribution is 14.0. The minimum atomic E-state index is 0. The van der Waals surface area contributed by atoms with E-state index in [0.29, 0.717) is 0 Å². The van der Waals surface area contributed by atoms with Crippen LogP contribution >= 0.6 is 71.9 Å². The summed E-state index contributed by atoms with van der Waals surface area (Å²) in [6.45, 7) is 1.11. The van der Waals surface area contributed by atoms with Crippen LogP contribution in [0.3, 0.4) is 0 Å². The Balaban J connectivity index is -0.0000000600. The molecule has 0 heterocycles. The summed E-state index contributed by atoms with van der Waals surface area (Å²) < 4.78 is 0.844. The first kappa shape index (κ1) is 22.7. The van der Waals surface area contributed by atoms with Gasteiger partial charge in [-0.15, -0.1) is 71.9 Å². The summed E-state index contributed by atoms with van der Waals surface area (Å²) in [5, 5.41) is 8.39. The van der Waals surface area contributed by atoms with Crippen molar-refractivity contribution in [2.75, 3.05) is 34.3 Å². The highest BCUT2D eigenvalue weighted by atomic mass is 127. The fraction of sp³-hybridized carbons (Fsp3) is 1.00. The highest BCUT2D eigenvalue weighted by Gasteiger charge is 2.02. The van der Waals surface area contributed by atoms with Crippen LogP contribution in [0.15, 0.2) is 0 Å². The molecule has 0 aromatic heterocycles. The summed E-state index contributed by atoms with van der Waals surface area (Å²) in [4.78, 5) is 0. The van der Waals surface area contributed by atoms with Crippen LogP contribution in [-0.2, 0) is 0 Å². The molecule has 0 amide bonds. The Hall–Kier alpha value is 2.11. The Bertz CT molecular complexity index is 55.3. The standard InChI is InChI=1S/C5H14NO.3HI/c1-6(2,3)4-5-7;;;/h7H,4-5H2,1-3H3;3*1H/q+1;;;. The zero-order valence-corrected chi connectivity index (χ0v) is 13.5. The number of aliphatic hydroxyl groups is 1. The smallest absolute Gasteiger partial charge is 0.101 e. The quantitative estimate of drug-likeness (QED) is 0.463. The SMILES string of the molecule is C[N+](C)(C)CCO.I.I.I. The molecule has 0 radical (unpaired) electrons. The molecular formula is C5H17I3NO+. The zero-order chi connectivity index (χ0) is 5.91. The number of likely N-dealkylation sites (N-methyl/N-ethyl adjacent to an activating group) is 1. The summed E-state index contributed by atoms with van der Waals surface area (Å²) in [5.74, 6) is 0. The van der Waals surface area contributed by atoms with Crippen molar-refractivity contribution in [3.05, 3.63) is 0 Å². The molecule has 0 atom stereocenters. The predicted molar refractivity (Wildman–Crippen MR) is 76.2 cm³/mol. The van der Waals surface area contributed by atoms with Gasteiger partial charge in [-0.05, 0) is 0 Å². The van der Waals surface area contributed by atoms with E-state index in [4.69, 9.17) is 5.11 Å². The van der Waals surface area contributed by atoms with Crippen LogP contribution in [0.5, 0.6) is 0 Å². The molecule has 0 saturated heterocycles. The van der Waals surface area contributed by atoms with Crippen LogP contribution in [-0.4, -0.2) is 43.9 Å². The lowest BCUT2D eigenvalue weighted by atomic mass is 10.5. The van der Waals surface area contributed by atoms with E-state index in [9.17, 15) is 0 Å². The van der Waals surface area contributed by atoms with Crippen LogP contribution in [0, 0.1) is 0 Å². The van der Waals surface area contributed by atoms with E-state index in [2.05, 4.69) is 21.1 Å². The van der Waals surface area contributed by atoms with Crippen molar-refractivity contribution in [1.29, 1.82) is 0 Å². The molecule has 0 aromatic rings. The second-order valence-corrected chi connectivity index (χ2v) is 2.74. The maximum absolute atomic E-state index is 8.39. The van der Waals surface area contributed by atoms with Crippen molar-refractivity contribution in [3.63, 3.8) is 0 Å². The molecule has 0 spiro atoms. The molecule has 0 bridgehead atoms. The van der Waals surface area contributed by atoms with Gasteiger partial charge >= 0.3 is 0 Å². The van der Waals surface area contributed by atoms with E-state index >= 15 is 0 Å². The normalized spacial score (nSPS) is 8.40. The summed E-state index contributed by atoms with van der Waals surface area (Å²) in [7, 11) is 6.16. The summed E-state index contributed by atoms with van der Waals surface area (Å²) >= 11 is 0. The molecule has 0 unspecified atom stereocenters. The van der Waals surface area contributed by atoms with Crippen molar-refractivity contribution in [1.82, 2.24) is 0 Å². The van der Waals surface area contributed by atoms with Crippen LogP contribution in [0.25, 0.3) is 0 Å². The Kier molecular flexibility index (Phi) is 25.2. The predicted octanol–water partition coefficient (Wildman–Crippen LogP) is 1.54. The molecule has 0 fully saturated rings. The van der Waals surface area contributed by atoms with Gasteiger partial charge in [0.25, 0.3) is 0 Å². The Labute approximate surface area is 114 Å². The van der Waals surface area contributed by atoms with Crippen molar-refractivity contribution < 1.29 is 9.59 Å². The number of hydrogen-bond donors (Lipinski definition) is 1. The number of hydrogen-bond acceptors (Lipinski definition) is 1. The molecule has 0 aliphatic rings. The molecule has 0 aliphatic carbocycles. The number of halogens is 3. The summed E-state index contributed by atoms with van der Waals surface area (Å²) in [6.07, 6.45) is 0. The van der Waals surface area contributed by atoms with Crippen LogP contribution in [0.4, 0.5) is 0 Å². The highest BCUT2D eigenvalue weighted by Crippen LogP contribution is 1.84. The third kappa shape index (κ3) is 22.5. The molecule has 0 aromatic carbocycles. The van der Waals surface area contributed by atoms with Gasteiger partial charge in [0.15, 0.2) is 0 Å². The molecule has 0 aliphatic heterocycles. The van der Waals surface area contributed by atoms with Gasteiger partial charge in [0.2, 0.25) is 0 Å². The Morgan fingerprint density at radius 3 is 1.30 bits per heavy atom. The number of nitrogens with zero attached hydrogens (tertiary/aromatic N) is 1. The fourth-order valence-corrected chi connectivity index (χ4v) is 0.300. The van der Waals surface area contributed by atoms with Crippen LogP contribution in [0.1, 0.15) is 0 Å². The molecular weight excluding hydrogens is 471 g/mol. The molecule has 5 heteroatoms. The molecule has 1 N–H and O–H groups in total. The zero-order valence-electron chi connectivity index (χ0n) is 6.53. The van der Waals surface area contributed by atoms with Gasteiger partial charge in [-0.1, -0.05) is 0 Å². The Morgan fingerprint density at radius 1 is 1.00 bits per heavy atom. The third-order valence-electron chi connectivity index (χ3n) is 0.771. The van der Waals surface area contributed by atoms with E-state index in [1.54, 1.807) is 0 Å². The number of rotatable bonds is 2. The lowest BCUT2D eigenvalue weighted by Crippen LogP contribution is -2.36. The van der Waals surface area contributed by atoms with E-state index in [1.165, 1.54) is 0 Å². The van der Waals surface area contributed by atoms with E-state index in [1.807, 2.05) is 0 Å². The first-order valence-electron chi connectivity index (χ1n) is 2.47. The van der Waals surface area contributed by atoms with E-state index < -0.39 is 0 Å². The van der Waals surface area contributed by atoms with Crippen molar-refractivity contribution in [3.8, 4) is 0 Å². The average Bonchev–Trinajstić information content (AvgIpc) is 1.30. The summed E-state index contributed by atoms with van der Waals surface area (Å²) in [5.41, 5.74) is 0. The lowest BCUT2D eigenvalue weighted by molar-refractivity contribution is -0.870. The first-order valence-corrected chi connectivity index (χ1v) is 2.47. The molecule has 10 heavy (non-hydrogen) atoms. The molecule has 0 saturated carbocycles. The monoisotopic (exact) mass is 488 g/mol. The fourth-order valence-electron chi connectivity index (χ4n) is 0.300. The van der Waals surface area contributed by atoms with Gasteiger partial charge in [0, 0.05) is 0 Å². The van der Waals surface area contributed by atoms with Gasteiger partial charge in [-0.2, -0.15) is 0 Å². The average molecular weight is 488 g/mol. The largest absolute Gasteiger partial charge is 0.391 e. The minimum Gasteiger partial charge on any atom is -0.391 e. The van der Waals surface area contributed by atoms with Crippen molar-refractivity contribution in [2.24, 2.45) is 0 Å². The van der Waals surface area contributed by atoms with Gasteiger partial charge < -0.3 is 9.59 Å². The number of quaternary nitrogens is 1. The molecule has 0 rings (SSSR count). The minimum absolute atomic E-state index is 0. The second kappa shape index (κ2) is 11.1. The van der Waals surface area contributed by atoms with E-state index in [0.717, 1.165) is 11.0 Å². The molecule has 68 valence electrons. The van der Waals surface area contributed by atoms with Crippen LogP contribution in [0.2, 0.25) is 0 Å². The van der Waals surface area contributed by atoms with E-state index in [-0.39, 0.29) is 78.5 Å². The second-order valence-electron chi connectivity index (χ2n) is 2.74. The van der Waals surface area contributed by atoms with Gasteiger partial charge in [-0.3, -0.25) is 0 Å². The molecule has 2 nitrogen and oxygen atoms in total. The van der Waals surface area contributed by atoms with Crippen molar-refractivity contribution in [2.45, 2.75) is 0 Å². The van der Waals surface area contributed by atoms with Gasteiger partial charge in [-0.25, -0.2) is 0 Å². The summed E-state index contributed by atoms with van der Waals surface area (Å²) in [6, 6.07) is 0. The Morgan fingerprint density at radius 2 is 1.30 bits per heavy atom. The van der Waals surface area contributed by atoms with Gasteiger partial charge in [0.1, 0.15) is 6.54 Å². The first-order chi connectivity index (χ1) is 3.06. The maximum atomic E-state index is 8.39.